The molecule has 2 N–H and O–H groups in total. The SMILES string of the molecule is COC(=O)C[C@@]1(C/C=C(\C)CC/C=C(\C)CC/C=C(\C)[C@H](O)[C@H](O)C=C(C)C)CC(=O)C=CC1=O. The van der Waals surface area contributed by atoms with Crippen molar-refractivity contribution < 1.29 is 29.3 Å². The van der Waals surface area contributed by atoms with E-state index in [-0.39, 0.29) is 24.4 Å². The van der Waals surface area contributed by atoms with Gasteiger partial charge in [0.1, 0.15) is 12.2 Å². The number of ketones is 2. The van der Waals surface area contributed by atoms with Gasteiger partial charge in [-0.15, -0.1) is 0 Å². The number of carbonyl (C=O) groups excluding carboxylic acids is 3. The maximum Gasteiger partial charge on any atom is 0.306 e. The normalized spacial score (nSPS) is 21.1. The van der Waals surface area contributed by atoms with Crippen LogP contribution in [0, 0.1) is 5.41 Å². The van der Waals surface area contributed by atoms with Gasteiger partial charge in [0.05, 0.1) is 18.9 Å². The van der Waals surface area contributed by atoms with E-state index in [4.69, 9.17) is 4.74 Å². The topological polar surface area (TPSA) is 101 Å². The lowest BCUT2D eigenvalue weighted by atomic mass is 9.70. The van der Waals surface area contributed by atoms with Crippen molar-refractivity contribution in [3.8, 4) is 0 Å². The maximum absolute atomic E-state index is 12.6. The summed E-state index contributed by atoms with van der Waals surface area (Å²) in [5, 5.41) is 20.2. The van der Waals surface area contributed by atoms with Gasteiger partial charge in [-0.2, -0.15) is 0 Å². The number of allylic oxidation sites excluding steroid dienone is 8. The quantitative estimate of drug-likeness (QED) is 0.277. The molecule has 0 aromatic rings. The van der Waals surface area contributed by atoms with E-state index in [0.29, 0.717) is 6.42 Å². The molecule has 0 aromatic heterocycles. The Kier molecular flexibility index (Phi) is 12.8. The average molecular weight is 487 g/mol. The first-order valence-electron chi connectivity index (χ1n) is 12.2. The monoisotopic (exact) mass is 486 g/mol. The van der Waals surface area contributed by atoms with Crippen LogP contribution in [0.15, 0.2) is 58.7 Å². The lowest BCUT2D eigenvalue weighted by Crippen LogP contribution is -2.37. The summed E-state index contributed by atoms with van der Waals surface area (Å²) in [6.07, 6.45) is 12.1. The fourth-order valence-electron chi connectivity index (χ4n) is 4.04. The zero-order valence-electron chi connectivity index (χ0n) is 22.1. The minimum atomic E-state index is -1.06. The molecular weight excluding hydrogens is 444 g/mol. The van der Waals surface area contributed by atoms with Crippen molar-refractivity contribution in [1.82, 2.24) is 0 Å². The third-order valence-electron chi connectivity index (χ3n) is 6.34. The van der Waals surface area contributed by atoms with Crippen LogP contribution in [-0.4, -0.2) is 47.1 Å². The van der Waals surface area contributed by atoms with E-state index in [1.165, 1.54) is 24.8 Å². The van der Waals surface area contributed by atoms with Crippen LogP contribution in [0.4, 0.5) is 0 Å². The third kappa shape index (κ3) is 10.7. The molecule has 0 saturated carbocycles. The van der Waals surface area contributed by atoms with Gasteiger partial charge in [0.2, 0.25) is 0 Å². The van der Waals surface area contributed by atoms with Crippen LogP contribution in [0.3, 0.4) is 0 Å². The molecule has 0 amide bonds. The van der Waals surface area contributed by atoms with Gasteiger partial charge in [-0.3, -0.25) is 14.4 Å². The first-order valence-corrected chi connectivity index (χ1v) is 12.2. The van der Waals surface area contributed by atoms with E-state index in [2.05, 4.69) is 13.0 Å². The summed E-state index contributed by atoms with van der Waals surface area (Å²) in [6, 6.07) is 0. The summed E-state index contributed by atoms with van der Waals surface area (Å²) < 4.78 is 4.76. The summed E-state index contributed by atoms with van der Waals surface area (Å²) in [5.74, 6) is -0.847. The molecule has 1 aliphatic carbocycles. The zero-order valence-corrected chi connectivity index (χ0v) is 22.1. The second-order valence-electron chi connectivity index (χ2n) is 9.88. The van der Waals surface area contributed by atoms with Gasteiger partial charge < -0.3 is 14.9 Å². The summed E-state index contributed by atoms with van der Waals surface area (Å²) in [6.45, 7) is 9.65. The Morgan fingerprint density at radius 2 is 1.60 bits per heavy atom. The predicted octanol–water partition coefficient (Wildman–Crippen LogP) is 5.11. The molecule has 0 spiro atoms. The number of aliphatic hydroxyl groups is 2. The number of methoxy groups -OCH3 is 1. The molecule has 1 rings (SSSR count). The van der Waals surface area contributed by atoms with Crippen LogP contribution in [0.25, 0.3) is 0 Å². The minimum absolute atomic E-state index is 0.0211. The number of esters is 1. The molecule has 0 aromatic carbocycles. The lowest BCUT2D eigenvalue weighted by molar-refractivity contribution is -0.147. The number of carbonyl (C=O) groups is 3. The minimum Gasteiger partial charge on any atom is -0.469 e. The van der Waals surface area contributed by atoms with Crippen LogP contribution in [0.2, 0.25) is 0 Å². The van der Waals surface area contributed by atoms with Crippen molar-refractivity contribution >= 4 is 17.5 Å². The standard InChI is InChI=1S/C29H42O6/c1-20(2)17-25(31)28(34)23(5)12-8-11-21(3)9-7-10-22(4)15-16-29(19-27(33)35-6)18-24(30)13-14-26(29)32/h9,12-15,17,25,28,31,34H,7-8,10-11,16,18-19H2,1-6H3/b21-9+,22-15+,23-12+/t25-,28+,29-/m1/s1. The largest absolute Gasteiger partial charge is 0.469 e. The fourth-order valence-corrected chi connectivity index (χ4v) is 4.04. The van der Waals surface area contributed by atoms with Crippen LogP contribution in [0.5, 0.6) is 0 Å². The first-order chi connectivity index (χ1) is 16.4. The molecule has 194 valence electrons. The highest BCUT2D eigenvalue weighted by molar-refractivity contribution is 6.09. The van der Waals surface area contributed by atoms with E-state index in [9.17, 15) is 24.6 Å². The maximum atomic E-state index is 12.6. The van der Waals surface area contributed by atoms with E-state index in [0.717, 1.165) is 42.4 Å². The summed E-state index contributed by atoms with van der Waals surface area (Å²) in [5.41, 5.74) is 3.00. The number of ether oxygens (including phenoxy) is 1. The molecule has 35 heavy (non-hydrogen) atoms. The number of rotatable bonds is 13. The molecule has 0 saturated heterocycles. The second kappa shape index (κ2) is 14.7. The highest BCUT2D eigenvalue weighted by Gasteiger charge is 2.42. The van der Waals surface area contributed by atoms with Crippen molar-refractivity contribution in [2.45, 2.75) is 91.8 Å². The van der Waals surface area contributed by atoms with Crippen molar-refractivity contribution in [3.05, 3.63) is 58.7 Å². The van der Waals surface area contributed by atoms with Gasteiger partial charge in [-0.25, -0.2) is 0 Å². The second-order valence-corrected chi connectivity index (χ2v) is 9.88. The van der Waals surface area contributed by atoms with Gasteiger partial charge in [0.25, 0.3) is 0 Å². The Morgan fingerprint density at radius 3 is 2.20 bits per heavy atom. The molecule has 0 fully saturated rings. The predicted molar refractivity (Wildman–Crippen MR) is 139 cm³/mol. The summed E-state index contributed by atoms with van der Waals surface area (Å²) in [7, 11) is 1.28. The Bertz CT molecular complexity index is 913. The van der Waals surface area contributed by atoms with E-state index >= 15 is 0 Å². The Balaban J connectivity index is 2.63. The average Bonchev–Trinajstić information content (AvgIpc) is 2.79. The Labute approximate surface area is 210 Å². The van der Waals surface area contributed by atoms with Crippen LogP contribution in [0.1, 0.15) is 79.6 Å². The van der Waals surface area contributed by atoms with E-state index in [1.807, 2.05) is 39.8 Å². The van der Waals surface area contributed by atoms with Gasteiger partial charge in [-0.05, 0) is 84.4 Å². The van der Waals surface area contributed by atoms with Crippen LogP contribution < -0.4 is 0 Å². The Hall–Kier alpha value is -2.57. The van der Waals surface area contributed by atoms with E-state index < -0.39 is 23.6 Å². The van der Waals surface area contributed by atoms with Gasteiger partial charge >= 0.3 is 5.97 Å². The van der Waals surface area contributed by atoms with Gasteiger partial charge in [0, 0.05) is 6.42 Å². The highest BCUT2D eigenvalue weighted by Crippen LogP contribution is 2.37. The molecule has 6 heteroatoms. The fraction of sp³-hybridized carbons (Fsp3) is 0.552. The molecule has 3 atom stereocenters. The first kappa shape index (κ1) is 30.5. The van der Waals surface area contributed by atoms with Crippen molar-refractivity contribution in [3.63, 3.8) is 0 Å². The lowest BCUT2D eigenvalue weighted by Gasteiger charge is -2.30. The molecule has 0 radical (unpaired) electrons. The smallest absolute Gasteiger partial charge is 0.306 e. The van der Waals surface area contributed by atoms with Gasteiger partial charge in [-0.1, -0.05) is 41.0 Å². The van der Waals surface area contributed by atoms with Crippen molar-refractivity contribution in [2.75, 3.05) is 7.11 Å². The molecular formula is C29H42O6. The summed E-state index contributed by atoms with van der Waals surface area (Å²) in [4.78, 5) is 36.5. The number of hydrogen-bond acceptors (Lipinski definition) is 6. The summed E-state index contributed by atoms with van der Waals surface area (Å²) >= 11 is 0. The molecule has 1 aliphatic rings. The molecule has 0 bridgehead atoms. The third-order valence-corrected chi connectivity index (χ3v) is 6.34. The van der Waals surface area contributed by atoms with Crippen molar-refractivity contribution in [1.29, 1.82) is 0 Å². The Morgan fingerprint density at radius 1 is 1.00 bits per heavy atom. The molecule has 0 aliphatic heterocycles. The molecule has 0 heterocycles. The highest BCUT2D eigenvalue weighted by atomic mass is 16.5. The number of aliphatic hydroxyl groups excluding tert-OH is 2. The molecule has 0 unspecified atom stereocenters. The zero-order chi connectivity index (χ0) is 26.6. The van der Waals surface area contributed by atoms with E-state index in [1.54, 1.807) is 6.08 Å². The van der Waals surface area contributed by atoms with Crippen LogP contribution in [-0.2, 0) is 19.1 Å². The number of hydrogen-bond donors (Lipinski definition) is 2. The van der Waals surface area contributed by atoms with Crippen molar-refractivity contribution in [2.24, 2.45) is 5.41 Å². The molecule has 6 nitrogen and oxygen atoms in total. The van der Waals surface area contributed by atoms with Crippen LogP contribution >= 0.6 is 0 Å². The van der Waals surface area contributed by atoms with Gasteiger partial charge in [0.15, 0.2) is 11.6 Å².